The summed E-state index contributed by atoms with van der Waals surface area (Å²) in [5.41, 5.74) is 4.53. The third-order valence-electron chi connectivity index (χ3n) is 5.18. The van der Waals surface area contributed by atoms with E-state index in [0.717, 1.165) is 22.3 Å². The number of alkyl carbamates (subject to hydrolysis) is 1. The van der Waals surface area contributed by atoms with E-state index in [1.165, 1.54) is 0 Å². The molecule has 1 aliphatic carbocycles. The molecule has 0 unspecified atom stereocenters. The summed E-state index contributed by atoms with van der Waals surface area (Å²) in [5.74, 6) is -0.628. The Balaban J connectivity index is 1.48. The fourth-order valence-corrected chi connectivity index (χ4v) is 3.88. The van der Waals surface area contributed by atoms with Crippen molar-refractivity contribution in [1.82, 2.24) is 14.9 Å². The highest BCUT2D eigenvalue weighted by Crippen LogP contribution is 2.44. The molecule has 1 aliphatic rings. The van der Waals surface area contributed by atoms with E-state index in [1.807, 2.05) is 36.4 Å². The van der Waals surface area contributed by atoms with Crippen LogP contribution in [-0.2, 0) is 16.6 Å². The monoisotopic (exact) mass is 391 g/mol. The number of aryl methyl sites for hydroxylation is 1. The lowest BCUT2D eigenvalue weighted by Crippen LogP contribution is -2.33. The molecule has 1 atom stereocenters. The number of nitrogens with one attached hydrogen (secondary N) is 1. The summed E-state index contributed by atoms with van der Waals surface area (Å²) in [6.45, 7) is 0.167. The number of carboxylic acids is 1. The van der Waals surface area contributed by atoms with Gasteiger partial charge in [-0.15, -0.1) is 0 Å². The minimum atomic E-state index is -1.03. The number of rotatable bonds is 6. The van der Waals surface area contributed by atoms with Gasteiger partial charge in [0.1, 0.15) is 18.5 Å². The summed E-state index contributed by atoms with van der Waals surface area (Å²) >= 11 is 0. The molecule has 0 bridgehead atoms. The number of carbonyl (C=O) groups excluding carboxylic acids is 1. The Bertz CT molecular complexity index is 1010. The molecule has 7 nitrogen and oxygen atoms in total. The van der Waals surface area contributed by atoms with Gasteiger partial charge in [0, 0.05) is 25.4 Å². The van der Waals surface area contributed by atoms with E-state index < -0.39 is 18.1 Å². The number of amides is 1. The molecule has 148 valence electrons. The molecule has 0 aliphatic heterocycles. The Hall–Kier alpha value is -3.61. The van der Waals surface area contributed by atoms with Crippen molar-refractivity contribution in [2.24, 2.45) is 7.05 Å². The second kappa shape index (κ2) is 7.79. The Labute approximate surface area is 168 Å². The maximum atomic E-state index is 12.5. The Morgan fingerprint density at radius 3 is 2.31 bits per heavy atom. The number of nitrogens with zero attached hydrogens (tertiary/aromatic N) is 2. The highest BCUT2D eigenvalue weighted by Gasteiger charge is 2.29. The lowest BCUT2D eigenvalue weighted by molar-refractivity contribution is -0.137. The first-order valence-electron chi connectivity index (χ1n) is 9.35. The van der Waals surface area contributed by atoms with Crippen molar-refractivity contribution in [3.63, 3.8) is 0 Å². The number of hydrogen-bond acceptors (Lipinski definition) is 4. The predicted molar refractivity (Wildman–Crippen MR) is 106 cm³/mol. The standard InChI is InChI=1S/C22H21N3O4/c1-25-11-10-23-21(25)19(12-20(26)27)24-22(28)29-13-18-16-8-4-2-6-14(16)15-7-3-5-9-17(15)18/h2-11,18-19H,12-13H2,1H3,(H,24,28)(H,26,27)/t19-/m1/s1. The molecule has 0 radical (unpaired) electrons. The van der Waals surface area contributed by atoms with Gasteiger partial charge in [-0.3, -0.25) is 4.79 Å². The van der Waals surface area contributed by atoms with Crippen molar-refractivity contribution < 1.29 is 19.4 Å². The van der Waals surface area contributed by atoms with Crippen molar-refractivity contribution in [3.8, 4) is 11.1 Å². The van der Waals surface area contributed by atoms with Crippen LogP contribution < -0.4 is 5.32 Å². The van der Waals surface area contributed by atoms with Crippen LogP contribution in [0, 0.1) is 0 Å². The van der Waals surface area contributed by atoms with Gasteiger partial charge in [-0.25, -0.2) is 9.78 Å². The van der Waals surface area contributed by atoms with Crippen LogP contribution in [0.15, 0.2) is 60.9 Å². The number of aromatic nitrogens is 2. The third kappa shape index (κ3) is 3.71. The van der Waals surface area contributed by atoms with E-state index in [1.54, 1.807) is 24.0 Å². The van der Waals surface area contributed by atoms with E-state index >= 15 is 0 Å². The van der Waals surface area contributed by atoms with E-state index in [4.69, 9.17) is 4.74 Å². The topological polar surface area (TPSA) is 93.5 Å². The first-order valence-corrected chi connectivity index (χ1v) is 9.35. The third-order valence-corrected chi connectivity index (χ3v) is 5.18. The zero-order valence-corrected chi connectivity index (χ0v) is 15.9. The second-order valence-electron chi connectivity index (χ2n) is 7.02. The van der Waals surface area contributed by atoms with E-state index in [2.05, 4.69) is 22.4 Å². The minimum Gasteiger partial charge on any atom is -0.481 e. The number of fused-ring (bicyclic) bond motifs is 3. The molecule has 29 heavy (non-hydrogen) atoms. The Kier molecular flexibility index (Phi) is 5.03. The van der Waals surface area contributed by atoms with Crippen LogP contribution in [-0.4, -0.2) is 33.3 Å². The number of benzene rings is 2. The summed E-state index contributed by atoms with van der Waals surface area (Å²) < 4.78 is 7.19. The van der Waals surface area contributed by atoms with Crippen LogP contribution in [0.5, 0.6) is 0 Å². The van der Waals surface area contributed by atoms with E-state index in [9.17, 15) is 14.7 Å². The Morgan fingerprint density at radius 2 is 1.76 bits per heavy atom. The molecule has 1 aromatic heterocycles. The van der Waals surface area contributed by atoms with E-state index in [0.29, 0.717) is 5.82 Å². The first kappa shape index (κ1) is 18.7. The van der Waals surface area contributed by atoms with Crippen molar-refractivity contribution in [3.05, 3.63) is 77.9 Å². The van der Waals surface area contributed by atoms with Crippen LogP contribution in [0.1, 0.15) is 35.3 Å². The molecule has 4 rings (SSSR count). The molecule has 0 spiro atoms. The largest absolute Gasteiger partial charge is 0.481 e. The van der Waals surface area contributed by atoms with E-state index in [-0.39, 0.29) is 18.9 Å². The minimum absolute atomic E-state index is 0.0563. The lowest BCUT2D eigenvalue weighted by atomic mass is 9.98. The van der Waals surface area contributed by atoms with Gasteiger partial charge in [0.2, 0.25) is 0 Å². The molecule has 0 saturated carbocycles. The fraction of sp³-hybridized carbons (Fsp3) is 0.227. The molecular formula is C22H21N3O4. The molecule has 1 amide bonds. The zero-order chi connectivity index (χ0) is 20.4. The molecule has 2 aromatic carbocycles. The molecule has 1 heterocycles. The highest BCUT2D eigenvalue weighted by atomic mass is 16.5. The summed E-state index contributed by atoms with van der Waals surface area (Å²) in [6.07, 6.45) is 2.31. The van der Waals surface area contributed by atoms with Crippen LogP contribution >= 0.6 is 0 Å². The number of imidazole rings is 1. The number of carboxylic acid groups (broad SMARTS) is 1. The predicted octanol–water partition coefficient (Wildman–Crippen LogP) is 3.47. The van der Waals surface area contributed by atoms with Gasteiger partial charge in [0.05, 0.1) is 6.42 Å². The van der Waals surface area contributed by atoms with Crippen LogP contribution in [0.25, 0.3) is 11.1 Å². The average molecular weight is 391 g/mol. The Morgan fingerprint density at radius 1 is 1.14 bits per heavy atom. The number of hydrogen-bond donors (Lipinski definition) is 2. The summed E-state index contributed by atoms with van der Waals surface area (Å²) in [5, 5.41) is 11.8. The maximum Gasteiger partial charge on any atom is 0.407 e. The molecule has 7 heteroatoms. The quantitative estimate of drug-likeness (QED) is 0.671. The van der Waals surface area contributed by atoms with Crippen LogP contribution in [0.4, 0.5) is 4.79 Å². The molecular weight excluding hydrogens is 370 g/mol. The SMILES string of the molecule is Cn1ccnc1[C@@H](CC(=O)O)NC(=O)OCC1c2ccccc2-c2ccccc21. The van der Waals surface area contributed by atoms with Gasteiger partial charge in [-0.1, -0.05) is 48.5 Å². The number of aliphatic carboxylic acids is 1. The van der Waals surface area contributed by atoms with Crippen molar-refractivity contribution in [2.75, 3.05) is 6.61 Å². The average Bonchev–Trinajstić information content (AvgIpc) is 3.27. The van der Waals surface area contributed by atoms with Crippen LogP contribution in [0.2, 0.25) is 0 Å². The van der Waals surface area contributed by atoms with Gasteiger partial charge in [0.15, 0.2) is 0 Å². The van der Waals surface area contributed by atoms with Crippen LogP contribution in [0.3, 0.4) is 0 Å². The smallest absolute Gasteiger partial charge is 0.407 e. The second-order valence-corrected chi connectivity index (χ2v) is 7.02. The first-order chi connectivity index (χ1) is 14.0. The zero-order valence-electron chi connectivity index (χ0n) is 15.9. The normalized spacial score (nSPS) is 13.4. The molecule has 0 saturated heterocycles. The number of ether oxygens (including phenoxy) is 1. The molecule has 3 aromatic rings. The van der Waals surface area contributed by atoms with Crippen molar-refractivity contribution in [1.29, 1.82) is 0 Å². The molecule has 0 fully saturated rings. The molecule has 2 N–H and O–H groups in total. The highest BCUT2D eigenvalue weighted by molar-refractivity contribution is 5.79. The summed E-state index contributed by atoms with van der Waals surface area (Å²) in [7, 11) is 1.75. The van der Waals surface area contributed by atoms with Gasteiger partial charge >= 0.3 is 12.1 Å². The summed E-state index contributed by atoms with van der Waals surface area (Å²) in [6, 6.07) is 15.4. The number of carbonyl (C=O) groups is 2. The van der Waals surface area contributed by atoms with Crippen molar-refractivity contribution >= 4 is 12.1 Å². The van der Waals surface area contributed by atoms with Crippen molar-refractivity contribution in [2.45, 2.75) is 18.4 Å². The maximum absolute atomic E-state index is 12.5. The fourth-order valence-electron chi connectivity index (χ4n) is 3.88. The van der Waals surface area contributed by atoms with Gasteiger partial charge < -0.3 is 19.7 Å². The van der Waals surface area contributed by atoms with Gasteiger partial charge in [-0.2, -0.15) is 0 Å². The van der Waals surface area contributed by atoms with Gasteiger partial charge in [0.25, 0.3) is 0 Å². The van der Waals surface area contributed by atoms with Gasteiger partial charge in [-0.05, 0) is 22.3 Å². The lowest BCUT2D eigenvalue weighted by Gasteiger charge is -2.18. The summed E-state index contributed by atoms with van der Waals surface area (Å²) in [4.78, 5) is 27.8.